The molecule has 4 N–H and O–H groups in total. The smallest absolute Gasteiger partial charge is 0.326 e. The van der Waals surface area contributed by atoms with Crippen LogP contribution in [0.4, 0.5) is 20.4 Å². The number of nitrogens with one attached hydrogen (secondary N) is 3. The van der Waals surface area contributed by atoms with Gasteiger partial charge in [-0.15, -0.1) is 0 Å². The van der Waals surface area contributed by atoms with Gasteiger partial charge in [-0.25, -0.2) is 18.6 Å². The Bertz CT molecular complexity index is 1430. The van der Waals surface area contributed by atoms with E-state index < -0.39 is 17.3 Å². The maximum Gasteiger partial charge on any atom is 0.326 e. The molecule has 152 valence electrons. The van der Waals surface area contributed by atoms with E-state index in [1.807, 2.05) is 0 Å². The topological polar surface area (TPSA) is 136 Å². The predicted octanol–water partition coefficient (Wildman–Crippen LogP) is 0.479. The van der Waals surface area contributed by atoms with Crippen molar-refractivity contribution in [2.45, 2.75) is 18.9 Å². The zero-order valence-corrected chi connectivity index (χ0v) is 15.2. The highest BCUT2D eigenvalue weighted by atomic mass is 19.1. The lowest BCUT2D eigenvalue weighted by Crippen LogP contribution is -2.24. The summed E-state index contributed by atoms with van der Waals surface area (Å²) in [5.41, 5.74) is 0.311. The summed E-state index contributed by atoms with van der Waals surface area (Å²) in [5.74, 6) is -1.75. The van der Waals surface area contributed by atoms with Gasteiger partial charge in [0.1, 0.15) is 17.3 Å². The van der Waals surface area contributed by atoms with Crippen molar-refractivity contribution in [3.8, 4) is 5.88 Å². The normalized spacial score (nSPS) is 15.3. The fraction of sp³-hybridized carbons (Fsp3) is 0.167. The van der Waals surface area contributed by atoms with Crippen LogP contribution < -0.4 is 21.8 Å². The molecular formula is C18H14F2N8O2. The lowest BCUT2D eigenvalue weighted by atomic mass is 10.3. The summed E-state index contributed by atoms with van der Waals surface area (Å²) in [6.45, 7) is 0. The number of hydrogen-bond donors (Lipinski definition) is 4. The Morgan fingerprint density at radius 2 is 1.97 bits per heavy atom. The third-order valence-corrected chi connectivity index (χ3v) is 4.38. The van der Waals surface area contributed by atoms with E-state index in [9.17, 15) is 18.7 Å². The van der Waals surface area contributed by atoms with E-state index in [0.717, 1.165) is 31.0 Å². The van der Waals surface area contributed by atoms with Crippen molar-refractivity contribution in [3.05, 3.63) is 63.0 Å². The van der Waals surface area contributed by atoms with Crippen LogP contribution in [0.25, 0.3) is 11.7 Å². The molecule has 0 radical (unpaired) electrons. The number of rotatable bonds is 4. The Hall–Kier alpha value is -4.09. The number of benzene rings is 1. The van der Waals surface area contributed by atoms with E-state index in [0.29, 0.717) is 10.9 Å². The number of hydrogen-bond acceptors (Lipinski definition) is 7. The zero-order valence-electron chi connectivity index (χ0n) is 15.2. The molecule has 1 fully saturated rings. The standard InChI is InChI=1S/C18H14F2N8O2/c19-9-4-10(20)6-12(5-9)22-16-25-14-8(3-13-15(29)26-18(30)24-13)7-21-28(14)17(27-16)23-11-1-2-11/h3-7,11,29H,1-2H2,(H,22,23,27)(H2,24,26,30). The lowest BCUT2D eigenvalue weighted by molar-refractivity contribution is 0.454. The fourth-order valence-corrected chi connectivity index (χ4v) is 2.89. The van der Waals surface area contributed by atoms with Gasteiger partial charge in [-0.05, 0) is 31.1 Å². The van der Waals surface area contributed by atoms with E-state index in [-0.39, 0.29) is 34.9 Å². The van der Waals surface area contributed by atoms with Gasteiger partial charge in [0.2, 0.25) is 11.8 Å². The minimum Gasteiger partial charge on any atom is -0.493 e. The molecule has 1 aromatic carbocycles. The summed E-state index contributed by atoms with van der Waals surface area (Å²) in [6, 6.07) is 3.11. The van der Waals surface area contributed by atoms with Crippen LogP contribution in [0.3, 0.4) is 0 Å². The van der Waals surface area contributed by atoms with Gasteiger partial charge in [-0.3, -0.25) is 4.98 Å². The molecule has 4 aromatic rings. The Balaban J connectivity index is 1.68. The fourth-order valence-electron chi connectivity index (χ4n) is 2.89. The van der Waals surface area contributed by atoms with Gasteiger partial charge in [-0.1, -0.05) is 0 Å². The second kappa shape index (κ2) is 6.76. The van der Waals surface area contributed by atoms with Crippen molar-refractivity contribution >= 4 is 23.4 Å². The monoisotopic (exact) mass is 412 g/mol. The average Bonchev–Trinajstić information content (AvgIpc) is 3.30. The van der Waals surface area contributed by atoms with Crippen molar-refractivity contribution in [2.24, 2.45) is 4.99 Å². The van der Waals surface area contributed by atoms with Crippen molar-refractivity contribution in [1.29, 1.82) is 0 Å². The molecule has 0 aliphatic heterocycles. The molecule has 1 aliphatic carbocycles. The first kappa shape index (κ1) is 18.0. The number of aromatic hydroxyl groups is 1. The third-order valence-electron chi connectivity index (χ3n) is 4.38. The van der Waals surface area contributed by atoms with Crippen LogP contribution in [0.2, 0.25) is 0 Å². The van der Waals surface area contributed by atoms with E-state index in [4.69, 9.17) is 0 Å². The van der Waals surface area contributed by atoms with Crippen molar-refractivity contribution < 1.29 is 13.9 Å². The molecular weight excluding hydrogens is 398 g/mol. The van der Waals surface area contributed by atoms with E-state index in [2.05, 4.69) is 35.3 Å². The maximum absolute atomic E-state index is 13.5. The third kappa shape index (κ3) is 3.50. The Kier molecular flexibility index (Phi) is 4.05. The van der Waals surface area contributed by atoms with E-state index in [1.165, 1.54) is 16.8 Å². The molecule has 5 rings (SSSR count). The first-order valence-corrected chi connectivity index (χ1v) is 9.00. The minimum atomic E-state index is -0.744. The molecule has 1 aliphatic rings. The van der Waals surface area contributed by atoms with Crippen LogP contribution >= 0.6 is 0 Å². The number of anilines is 2. The van der Waals surface area contributed by atoms with Crippen molar-refractivity contribution in [3.63, 3.8) is 0 Å². The van der Waals surface area contributed by atoms with E-state index in [1.54, 1.807) is 0 Å². The SMILES string of the molecule is O=c1[nH]c(O)c(C=c2cnn3c(=NC4CC4)nc(Nc4cc(F)cc(F)c4)nc23)[nH]1. The summed E-state index contributed by atoms with van der Waals surface area (Å²) >= 11 is 0. The van der Waals surface area contributed by atoms with Gasteiger partial charge in [-0.2, -0.15) is 19.6 Å². The highest BCUT2D eigenvalue weighted by molar-refractivity contribution is 5.59. The Labute approximate surface area is 165 Å². The molecule has 12 heteroatoms. The van der Waals surface area contributed by atoms with Gasteiger partial charge < -0.3 is 15.4 Å². The number of nitrogens with zero attached hydrogens (tertiary/aromatic N) is 5. The van der Waals surface area contributed by atoms with Crippen LogP contribution in [0.1, 0.15) is 18.5 Å². The molecule has 0 atom stereocenters. The largest absolute Gasteiger partial charge is 0.493 e. The van der Waals surface area contributed by atoms with Crippen LogP contribution in [-0.2, 0) is 0 Å². The average molecular weight is 412 g/mol. The highest BCUT2D eigenvalue weighted by Gasteiger charge is 2.21. The first-order chi connectivity index (χ1) is 14.4. The summed E-state index contributed by atoms with van der Waals surface area (Å²) in [5, 5.41) is 17.3. The van der Waals surface area contributed by atoms with Gasteiger partial charge in [0.15, 0.2) is 5.65 Å². The molecule has 10 nitrogen and oxygen atoms in total. The number of fused-ring (bicyclic) bond motifs is 1. The number of aromatic nitrogens is 6. The highest BCUT2D eigenvalue weighted by Crippen LogP contribution is 2.22. The molecule has 0 bridgehead atoms. The predicted molar refractivity (Wildman–Crippen MR) is 101 cm³/mol. The second-order valence-corrected chi connectivity index (χ2v) is 6.81. The maximum atomic E-state index is 13.5. The molecule has 0 saturated heterocycles. The molecule has 30 heavy (non-hydrogen) atoms. The quantitative estimate of drug-likeness (QED) is 0.385. The number of halogens is 2. The molecule has 1 saturated carbocycles. The Morgan fingerprint density at radius 3 is 2.63 bits per heavy atom. The van der Waals surface area contributed by atoms with Gasteiger partial charge in [0.05, 0.1) is 12.2 Å². The minimum absolute atomic E-state index is 0.0637. The first-order valence-electron chi connectivity index (χ1n) is 9.00. The summed E-state index contributed by atoms with van der Waals surface area (Å²) in [6.07, 6.45) is 4.82. The van der Waals surface area contributed by atoms with Crippen molar-refractivity contribution in [2.75, 3.05) is 5.32 Å². The van der Waals surface area contributed by atoms with Gasteiger partial charge in [0.25, 0.3) is 5.62 Å². The van der Waals surface area contributed by atoms with Crippen LogP contribution in [0.5, 0.6) is 5.88 Å². The second-order valence-electron chi connectivity index (χ2n) is 6.81. The summed E-state index contributed by atoms with van der Waals surface area (Å²) in [7, 11) is 0. The van der Waals surface area contributed by atoms with Crippen LogP contribution in [-0.4, -0.2) is 40.7 Å². The molecule has 0 unspecified atom stereocenters. The molecule has 3 heterocycles. The number of H-pyrrole nitrogens is 2. The van der Waals surface area contributed by atoms with Crippen LogP contribution in [0, 0.1) is 11.6 Å². The molecule has 0 spiro atoms. The summed E-state index contributed by atoms with van der Waals surface area (Å²) < 4.78 is 28.5. The van der Waals surface area contributed by atoms with Gasteiger partial charge >= 0.3 is 5.69 Å². The number of aromatic amines is 2. The lowest BCUT2D eigenvalue weighted by Gasteiger charge is -2.06. The zero-order chi connectivity index (χ0) is 20.8. The summed E-state index contributed by atoms with van der Waals surface area (Å²) in [4.78, 5) is 29.2. The van der Waals surface area contributed by atoms with E-state index >= 15 is 0 Å². The molecule has 3 aromatic heterocycles. The van der Waals surface area contributed by atoms with Gasteiger partial charge in [0, 0.05) is 17.0 Å². The molecule has 0 amide bonds. The van der Waals surface area contributed by atoms with Crippen molar-refractivity contribution in [1.82, 2.24) is 29.5 Å². The Morgan fingerprint density at radius 1 is 1.20 bits per heavy atom. The van der Waals surface area contributed by atoms with Crippen LogP contribution in [0.15, 0.2) is 34.2 Å². The number of imidazole rings is 1.